The summed E-state index contributed by atoms with van der Waals surface area (Å²) in [4.78, 5) is 11.4. The highest BCUT2D eigenvalue weighted by atomic mass is 16.5. The lowest BCUT2D eigenvalue weighted by Gasteiger charge is -2.04. The van der Waals surface area contributed by atoms with Crippen LogP contribution in [-0.2, 0) is 4.74 Å². The average molecular weight is 198 g/mol. The average Bonchev–Trinajstić information content (AvgIpc) is 2.47. The third kappa shape index (κ3) is 1.86. The maximum absolute atomic E-state index is 11.4. The number of carbonyl (C=O) groups is 1. The Morgan fingerprint density at radius 1 is 1.64 bits per heavy atom. The van der Waals surface area contributed by atoms with Gasteiger partial charge in [-0.3, -0.25) is 0 Å². The molecule has 1 rings (SSSR count). The molecular weight excluding hydrogens is 184 g/mol. The first-order valence-electron chi connectivity index (χ1n) is 4.50. The fourth-order valence-corrected chi connectivity index (χ4v) is 1.21. The van der Waals surface area contributed by atoms with Crippen LogP contribution in [0.15, 0.2) is 4.52 Å². The lowest BCUT2D eigenvalue weighted by Crippen LogP contribution is -2.09. The summed E-state index contributed by atoms with van der Waals surface area (Å²) in [7, 11) is 0. The van der Waals surface area contributed by atoms with Gasteiger partial charge in [-0.1, -0.05) is 19.0 Å². The minimum absolute atomic E-state index is 0.0839. The van der Waals surface area contributed by atoms with Crippen molar-refractivity contribution in [1.29, 1.82) is 0 Å². The van der Waals surface area contributed by atoms with E-state index in [0.717, 1.165) is 0 Å². The maximum atomic E-state index is 11.4. The molecule has 0 aliphatic carbocycles. The fourth-order valence-electron chi connectivity index (χ4n) is 1.21. The first kappa shape index (κ1) is 10.6. The number of nitrogens with two attached hydrogens (primary N) is 1. The van der Waals surface area contributed by atoms with E-state index in [4.69, 9.17) is 15.0 Å². The molecule has 14 heavy (non-hydrogen) atoms. The van der Waals surface area contributed by atoms with Crippen molar-refractivity contribution in [2.75, 3.05) is 12.3 Å². The number of hydrogen-bond donors (Lipinski definition) is 1. The van der Waals surface area contributed by atoms with Gasteiger partial charge < -0.3 is 15.0 Å². The van der Waals surface area contributed by atoms with Crippen LogP contribution >= 0.6 is 0 Å². The van der Waals surface area contributed by atoms with Crippen molar-refractivity contribution >= 4 is 11.9 Å². The topological polar surface area (TPSA) is 78.3 Å². The predicted octanol–water partition coefficient (Wildman–Crippen LogP) is 1.56. The van der Waals surface area contributed by atoms with Gasteiger partial charge >= 0.3 is 5.97 Å². The summed E-state index contributed by atoms with van der Waals surface area (Å²) in [6.07, 6.45) is 0. The Balaban J connectivity index is 3.02. The van der Waals surface area contributed by atoms with Crippen molar-refractivity contribution in [3.8, 4) is 0 Å². The number of anilines is 1. The second-order valence-corrected chi connectivity index (χ2v) is 3.18. The van der Waals surface area contributed by atoms with Crippen molar-refractivity contribution in [3.05, 3.63) is 11.3 Å². The molecule has 0 aliphatic rings. The van der Waals surface area contributed by atoms with Crippen LogP contribution in [0.2, 0.25) is 0 Å². The van der Waals surface area contributed by atoms with Gasteiger partial charge in [0.05, 0.1) is 12.2 Å². The smallest absolute Gasteiger partial charge is 0.360 e. The van der Waals surface area contributed by atoms with Gasteiger partial charge in [0.25, 0.3) is 0 Å². The zero-order valence-corrected chi connectivity index (χ0v) is 8.53. The first-order valence-corrected chi connectivity index (χ1v) is 4.50. The van der Waals surface area contributed by atoms with Crippen LogP contribution in [0.3, 0.4) is 0 Å². The number of carbonyl (C=O) groups excluding carboxylic acids is 1. The lowest BCUT2D eigenvalue weighted by atomic mass is 10.0. The van der Waals surface area contributed by atoms with Crippen molar-refractivity contribution < 1.29 is 14.1 Å². The molecule has 0 aliphatic heterocycles. The van der Waals surface area contributed by atoms with E-state index in [2.05, 4.69) is 5.16 Å². The van der Waals surface area contributed by atoms with Crippen LogP contribution in [0.4, 0.5) is 5.88 Å². The minimum Gasteiger partial charge on any atom is -0.461 e. The number of hydrogen-bond acceptors (Lipinski definition) is 5. The summed E-state index contributed by atoms with van der Waals surface area (Å²) in [6.45, 7) is 5.86. The summed E-state index contributed by atoms with van der Waals surface area (Å²) >= 11 is 0. The Morgan fingerprint density at radius 3 is 2.79 bits per heavy atom. The van der Waals surface area contributed by atoms with Gasteiger partial charge in [-0.15, -0.1) is 0 Å². The highest BCUT2D eigenvalue weighted by Gasteiger charge is 2.23. The highest BCUT2D eigenvalue weighted by Crippen LogP contribution is 2.25. The summed E-state index contributed by atoms with van der Waals surface area (Å²) in [6, 6.07) is 0. The van der Waals surface area contributed by atoms with E-state index in [1.807, 2.05) is 13.8 Å². The van der Waals surface area contributed by atoms with E-state index >= 15 is 0 Å². The van der Waals surface area contributed by atoms with Gasteiger partial charge in [-0.2, -0.15) is 0 Å². The molecule has 1 heterocycles. The molecule has 0 saturated heterocycles. The molecule has 1 aromatic rings. The number of nitrogen functional groups attached to an aromatic ring is 1. The molecular formula is C9H14N2O3. The molecule has 0 saturated carbocycles. The van der Waals surface area contributed by atoms with Gasteiger partial charge in [0, 0.05) is 0 Å². The first-order chi connectivity index (χ1) is 6.57. The van der Waals surface area contributed by atoms with Gasteiger partial charge in [-0.05, 0) is 12.8 Å². The lowest BCUT2D eigenvalue weighted by molar-refractivity contribution is 0.0513. The van der Waals surface area contributed by atoms with Crippen molar-refractivity contribution in [1.82, 2.24) is 5.16 Å². The third-order valence-electron chi connectivity index (χ3n) is 1.80. The second-order valence-electron chi connectivity index (χ2n) is 3.18. The summed E-state index contributed by atoms with van der Waals surface area (Å²) in [5.74, 6) is -0.222. The molecule has 78 valence electrons. The van der Waals surface area contributed by atoms with E-state index in [1.165, 1.54) is 0 Å². The Bertz CT molecular complexity index is 331. The molecule has 0 bridgehead atoms. The highest BCUT2D eigenvalue weighted by molar-refractivity contribution is 5.90. The zero-order chi connectivity index (χ0) is 10.7. The third-order valence-corrected chi connectivity index (χ3v) is 1.80. The van der Waals surface area contributed by atoms with Gasteiger partial charge in [-0.25, -0.2) is 4.79 Å². The molecule has 0 amide bonds. The summed E-state index contributed by atoms with van der Waals surface area (Å²) < 4.78 is 9.57. The van der Waals surface area contributed by atoms with Crippen LogP contribution < -0.4 is 5.73 Å². The maximum Gasteiger partial charge on any atom is 0.360 e. The number of ether oxygens (including phenoxy) is 1. The van der Waals surface area contributed by atoms with Crippen LogP contribution in [0.1, 0.15) is 42.7 Å². The number of aromatic nitrogens is 1. The zero-order valence-electron chi connectivity index (χ0n) is 8.53. The van der Waals surface area contributed by atoms with Crippen LogP contribution in [0.25, 0.3) is 0 Å². The molecule has 0 atom stereocenters. The molecule has 5 heteroatoms. The van der Waals surface area contributed by atoms with E-state index in [9.17, 15) is 4.79 Å². The van der Waals surface area contributed by atoms with Gasteiger partial charge in [0.1, 0.15) is 0 Å². The normalized spacial score (nSPS) is 10.6. The second kappa shape index (κ2) is 4.13. The van der Waals surface area contributed by atoms with E-state index in [0.29, 0.717) is 12.2 Å². The monoisotopic (exact) mass is 198 g/mol. The standard InChI is InChI=1S/C9H14N2O3/c1-4-13-9(12)7-6(5(2)3)8(10)14-11-7/h5H,4,10H2,1-3H3. The Kier molecular flexibility index (Phi) is 3.11. The molecule has 0 aromatic carbocycles. The van der Waals surface area contributed by atoms with E-state index in [-0.39, 0.29) is 17.5 Å². The van der Waals surface area contributed by atoms with Gasteiger partial charge in [0.15, 0.2) is 5.69 Å². The molecule has 0 unspecified atom stereocenters. The van der Waals surface area contributed by atoms with E-state index < -0.39 is 5.97 Å². The fraction of sp³-hybridized carbons (Fsp3) is 0.556. The number of rotatable bonds is 3. The molecule has 0 fully saturated rings. The molecule has 0 radical (unpaired) electrons. The van der Waals surface area contributed by atoms with Crippen molar-refractivity contribution in [3.63, 3.8) is 0 Å². The summed E-state index contributed by atoms with van der Waals surface area (Å²) in [5.41, 5.74) is 6.33. The Morgan fingerprint density at radius 2 is 2.29 bits per heavy atom. The van der Waals surface area contributed by atoms with E-state index in [1.54, 1.807) is 6.92 Å². The molecule has 5 nitrogen and oxygen atoms in total. The summed E-state index contributed by atoms with van der Waals surface area (Å²) in [5, 5.41) is 3.58. The predicted molar refractivity (Wildman–Crippen MR) is 51.0 cm³/mol. The minimum atomic E-state index is -0.489. The Labute approximate surface area is 82.2 Å². The quantitative estimate of drug-likeness (QED) is 0.745. The SMILES string of the molecule is CCOC(=O)c1noc(N)c1C(C)C. The van der Waals surface area contributed by atoms with Crippen molar-refractivity contribution in [2.45, 2.75) is 26.7 Å². The van der Waals surface area contributed by atoms with Crippen LogP contribution in [0, 0.1) is 0 Å². The van der Waals surface area contributed by atoms with Gasteiger partial charge in [0.2, 0.25) is 5.88 Å². The molecule has 0 spiro atoms. The Hall–Kier alpha value is -1.52. The van der Waals surface area contributed by atoms with Crippen molar-refractivity contribution in [2.24, 2.45) is 0 Å². The van der Waals surface area contributed by atoms with Crippen LogP contribution in [0.5, 0.6) is 0 Å². The molecule has 1 aromatic heterocycles. The molecule has 2 N–H and O–H groups in total. The van der Waals surface area contributed by atoms with Crippen LogP contribution in [-0.4, -0.2) is 17.7 Å². The largest absolute Gasteiger partial charge is 0.461 e. The number of nitrogens with zero attached hydrogens (tertiary/aromatic N) is 1. The number of esters is 1.